The van der Waals surface area contributed by atoms with Crippen LogP contribution in [-0.2, 0) is 0 Å². The van der Waals surface area contributed by atoms with Crippen LogP contribution in [0.15, 0.2) is 0 Å². The number of fused-ring (bicyclic) bond motifs is 2. The summed E-state index contributed by atoms with van der Waals surface area (Å²) in [5, 5.41) is 0. The maximum atomic E-state index is 2.51. The van der Waals surface area contributed by atoms with Gasteiger partial charge in [0.1, 0.15) is 0 Å². The van der Waals surface area contributed by atoms with Crippen molar-refractivity contribution in [1.82, 2.24) is 4.90 Å². The molecule has 58 valence electrons. The van der Waals surface area contributed by atoms with Crippen molar-refractivity contribution >= 4 is 0 Å². The van der Waals surface area contributed by atoms with Gasteiger partial charge in [0.15, 0.2) is 0 Å². The highest BCUT2D eigenvalue weighted by molar-refractivity contribution is 4.81. The molecule has 0 spiro atoms. The Morgan fingerprint density at radius 2 is 1.70 bits per heavy atom. The predicted molar refractivity (Wildman–Crippen MR) is 42.9 cm³/mol. The van der Waals surface area contributed by atoms with E-state index in [4.69, 9.17) is 0 Å². The van der Waals surface area contributed by atoms with Crippen LogP contribution in [0.2, 0.25) is 0 Å². The molecule has 1 saturated heterocycles. The van der Waals surface area contributed by atoms with Crippen molar-refractivity contribution in [2.24, 2.45) is 11.8 Å². The summed E-state index contributed by atoms with van der Waals surface area (Å²) in [6.45, 7) is 2.74. The van der Waals surface area contributed by atoms with Gasteiger partial charge >= 0.3 is 0 Å². The Bertz CT molecular complexity index is 106. The van der Waals surface area contributed by atoms with Crippen LogP contribution in [0.25, 0.3) is 0 Å². The van der Waals surface area contributed by atoms with Gasteiger partial charge in [-0.3, -0.25) is 0 Å². The van der Waals surface area contributed by atoms with E-state index in [1.54, 1.807) is 0 Å². The molecule has 1 saturated carbocycles. The fourth-order valence-corrected chi connectivity index (χ4v) is 2.69. The highest BCUT2D eigenvalue weighted by Crippen LogP contribution is 2.33. The Hall–Kier alpha value is -0.0400. The third-order valence-electron chi connectivity index (χ3n) is 3.03. The first-order valence-electron chi connectivity index (χ1n) is 4.53. The van der Waals surface area contributed by atoms with Crippen LogP contribution in [0.3, 0.4) is 0 Å². The Kier molecular flexibility index (Phi) is 1.69. The Morgan fingerprint density at radius 1 is 1.10 bits per heavy atom. The maximum absolute atomic E-state index is 2.51. The van der Waals surface area contributed by atoms with Crippen LogP contribution < -0.4 is 0 Å². The molecule has 0 N–H and O–H groups in total. The van der Waals surface area contributed by atoms with Crippen LogP contribution in [0.5, 0.6) is 0 Å². The van der Waals surface area contributed by atoms with Crippen molar-refractivity contribution in [3.63, 3.8) is 0 Å². The lowest BCUT2D eigenvalue weighted by molar-refractivity contribution is 0.107. The summed E-state index contributed by atoms with van der Waals surface area (Å²) < 4.78 is 0. The number of hydrogen-bond donors (Lipinski definition) is 0. The summed E-state index contributed by atoms with van der Waals surface area (Å²) >= 11 is 0. The summed E-state index contributed by atoms with van der Waals surface area (Å²) in [5.41, 5.74) is 0. The first-order chi connectivity index (χ1) is 4.84. The number of rotatable bonds is 0. The Morgan fingerprint density at radius 3 is 2.30 bits per heavy atom. The molecular formula is C9H17N. The molecule has 0 amide bonds. The van der Waals surface area contributed by atoms with Gasteiger partial charge in [0.05, 0.1) is 0 Å². The largest absolute Gasteiger partial charge is 0.306 e. The zero-order valence-corrected chi connectivity index (χ0v) is 6.84. The van der Waals surface area contributed by atoms with Crippen molar-refractivity contribution < 1.29 is 0 Å². The molecule has 1 aliphatic heterocycles. The van der Waals surface area contributed by atoms with Crippen molar-refractivity contribution in [2.45, 2.75) is 25.7 Å². The molecule has 2 fully saturated rings. The molecule has 0 unspecified atom stereocenters. The molecule has 0 aromatic carbocycles. The molecule has 1 nitrogen and oxygen atoms in total. The van der Waals surface area contributed by atoms with E-state index in [0.29, 0.717) is 0 Å². The highest BCUT2D eigenvalue weighted by atomic mass is 15.1. The Labute approximate surface area is 63.4 Å². The second-order valence-electron chi connectivity index (χ2n) is 4.12. The zero-order valence-electron chi connectivity index (χ0n) is 6.84. The van der Waals surface area contributed by atoms with E-state index in [0.717, 1.165) is 11.8 Å². The van der Waals surface area contributed by atoms with Crippen molar-refractivity contribution in [3.8, 4) is 0 Å². The second kappa shape index (κ2) is 2.54. The molecule has 0 aromatic heterocycles. The number of nitrogens with zero attached hydrogens (tertiary/aromatic N) is 1. The molecule has 10 heavy (non-hydrogen) atoms. The van der Waals surface area contributed by atoms with E-state index >= 15 is 0 Å². The highest BCUT2D eigenvalue weighted by Gasteiger charge is 2.28. The van der Waals surface area contributed by atoms with E-state index < -0.39 is 0 Å². The lowest BCUT2D eigenvalue weighted by atomic mass is 9.78. The standard InChI is InChI=1S/C9H17N/c1-10-6-8-3-2-4-9(5-8)7-10/h8-9H,2-7H2,1H3/t8-,9-/m1/s1. The third kappa shape index (κ3) is 1.20. The van der Waals surface area contributed by atoms with Gasteiger partial charge in [-0.2, -0.15) is 0 Å². The van der Waals surface area contributed by atoms with Crippen molar-refractivity contribution in [2.75, 3.05) is 20.1 Å². The van der Waals surface area contributed by atoms with Crippen molar-refractivity contribution in [3.05, 3.63) is 0 Å². The molecule has 2 bridgehead atoms. The van der Waals surface area contributed by atoms with E-state index in [9.17, 15) is 0 Å². The summed E-state index contributed by atoms with van der Waals surface area (Å²) in [4.78, 5) is 2.51. The third-order valence-corrected chi connectivity index (χ3v) is 3.03. The van der Waals surface area contributed by atoms with Crippen LogP contribution in [0, 0.1) is 11.8 Å². The quantitative estimate of drug-likeness (QED) is 0.494. The molecule has 2 rings (SSSR count). The van der Waals surface area contributed by atoms with Gasteiger partial charge in [0.2, 0.25) is 0 Å². The van der Waals surface area contributed by atoms with Gasteiger partial charge in [-0.15, -0.1) is 0 Å². The van der Waals surface area contributed by atoms with Gasteiger partial charge < -0.3 is 4.90 Å². The first-order valence-corrected chi connectivity index (χ1v) is 4.53. The number of hydrogen-bond acceptors (Lipinski definition) is 1. The topological polar surface area (TPSA) is 3.24 Å². The van der Waals surface area contributed by atoms with Gasteiger partial charge in [-0.25, -0.2) is 0 Å². The van der Waals surface area contributed by atoms with E-state index in [-0.39, 0.29) is 0 Å². The van der Waals surface area contributed by atoms with Gasteiger partial charge in [0, 0.05) is 13.1 Å². The van der Waals surface area contributed by atoms with E-state index in [2.05, 4.69) is 11.9 Å². The summed E-state index contributed by atoms with van der Waals surface area (Å²) in [5.74, 6) is 2.11. The average molecular weight is 139 g/mol. The fraction of sp³-hybridized carbons (Fsp3) is 1.00. The minimum Gasteiger partial charge on any atom is -0.306 e. The lowest BCUT2D eigenvalue weighted by Crippen LogP contribution is -2.40. The molecule has 0 aromatic rings. The van der Waals surface area contributed by atoms with E-state index in [1.165, 1.54) is 38.8 Å². The normalized spacial score (nSPS) is 41.7. The molecule has 1 aliphatic carbocycles. The zero-order chi connectivity index (χ0) is 6.97. The SMILES string of the molecule is CN1C[C@@H]2CCC[C@H](C2)C1. The van der Waals surface area contributed by atoms with Gasteiger partial charge in [-0.05, 0) is 38.1 Å². The Balaban J connectivity index is 1.98. The smallest absolute Gasteiger partial charge is 0.000683 e. The number of likely N-dealkylation sites (tertiary alicyclic amines) is 1. The van der Waals surface area contributed by atoms with Crippen LogP contribution in [-0.4, -0.2) is 25.0 Å². The molecule has 1 heteroatoms. The molecule has 2 atom stereocenters. The van der Waals surface area contributed by atoms with Crippen LogP contribution in [0.4, 0.5) is 0 Å². The lowest BCUT2D eigenvalue weighted by Gasteiger charge is -2.39. The summed E-state index contributed by atoms with van der Waals surface area (Å²) in [6, 6.07) is 0. The minimum atomic E-state index is 1.05. The average Bonchev–Trinajstić information content (AvgIpc) is 1.85. The van der Waals surface area contributed by atoms with Gasteiger partial charge in [-0.1, -0.05) is 6.42 Å². The molecule has 2 aliphatic rings. The molecule has 0 radical (unpaired) electrons. The maximum Gasteiger partial charge on any atom is 0.000683 e. The van der Waals surface area contributed by atoms with Crippen LogP contribution >= 0.6 is 0 Å². The summed E-state index contributed by atoms with van der Waals surface area (Å²) in [6.07, 6.45) is 6.04. The van der Waals surface area contributed by atoms with Crippen molar-refractivity contribution in [1.29, 1.82) is 0 Å². The van der Waals surface area contributed by atoms with E-state index in [1.807, 2.05) is 0 Å². The molecular weight excluding hydrogens is 122 g/mol. The minimum absolute atomic E-state index is 1.05. The van der Waals surface area contributed by atoms with Crippen LogP contribution in [0.1, 0.15) is 25.7 Å². The fourth-order valence-electron chi connectivity index (χ4n) is 2.69. The second-order valence-corrected chi connectivity index (χ2v) is 4.12. The van der Waals surface area contributed by atoms with Gasteiger partial charge in [0.25, 0.3) is 0 Å². The first kappa shape index (κ1) is 6.66. The monoisotopic (exact) mass is 139 g/mol. The molecule has 1 heterocycles. The number of piperidine rings is 1. The summed E-state index contributed by atoms with van der Waals surface area (Å²) in [7, 11) is 2.27. The predicted octanol–water partition coefficient (Wildman–Crippen LogP) is 1.74.